The normalized spacial score (nSPS) is 18.2. The molecule has 1 atom stereocenters. The summed E-state index contributed by atoms with van der Waals surface area (Å²) in [7, 11) is 3.63. The van der Waals surface area contributed by atoms with Crippen molar-refractivity contribution in [2.24, 2.45) is 0 Å². The summed E-state index contributed by atoms with van der Waals surface area (Å²) in [5, 5.41) is 6.52. The first-order valence-corrected chi connectivity index (χ1v) is 10.1. The quantitative estimate of drug-likeness (QED) is 0.798. The van der Waals surface area contributed by atoms with E-state index in [4.69, 9.17) is 14.5 Å². The highest BCUT2D eigenvalue weighted by Crippen LogP contribution is 2.31. The summed E-state index contributed by atoms with van der Waals surface area (Å²) in [4.78, 5) is 24.0. The van der Waals surface area contributed by atoms with E-state index < -0.39 is 0 Å². The first kappa shape index (κ1) is 19.4. The van der Waals surface area contributed by atoms with Gasteiger partial charge >= 0.3 is 0 Å². The van der Waals surface area contributed by atoms with Gasteiger partial charge in [-0.3, -0.25) is 4.79 Å². The Balaban J connectivity index is 1.51. The molecule has 1 aromatic carbocycles. The van der Waals surface area contributed by atoms with Crippen LogP contribution in [0.4, 0.5) is 5.82 Å². The van der Waals surface area contributed by atoms with Gasteiger partial charge in [0, 0.05) is 38.2 Å². The second-order valence-corrected chi connectivity index (χ2v) is 7.42. The van der Waals surface area contributed by atoms with Gasteiger partial charge in [-0.2, -0.15) is 0 Å². The molecule has 1 aromatic heterocycles. The molecular formula is C21H27N5O3. The van der Waals surface area contributed by atoms with Crippen molar-refractivity contribution in [2.45, 2.75) is 25.3 Å². The summed E-state index contributed by atoms with van der Waals surface area (Å²) in [6.07, 6.45) is 2.20. The predicted molar refractivity (Wildman–Crippen MR) is 110 cm³/mol. The zero-order valence-corrected chi connectivity index (χ0v) is 16.9. The highest BCUT2D eigenvalue weighted by atomic mass is 16.6. The van der Waals surface area contributed by atoms with Crippen molar-refractivity contribution in [1.82, 2.24) is 20.2 Å². The molecule has 2 N–H and O–H groups in total. The van der Waals surface area contributed by atoms with E-state index in [1.165, 1.54) is 0 Å². The van der Waals surface area contributed by atoms with E-state index in [-0.39, 0.29) is 5.91 Å². The maximum atomic E-state index is 12.9. The highest BCUT2D eigenvalue weighted by Gasteiger charge is 2.21. The van der Waals surface area contributed by atoms with E-state index in [1.54, 1.807) is 30.1 Å². The van der Waals surface area contributed by atoms with E-state index in [1.807, 2.05) is 13.1 Å². The number of aromatic nitrogens is 2. The van der Waals surface area contributed by atoms with Gasteiger partial charge in [0.2, 0.25) is 0 Å². The van der Waals surface area contributed by atoms with Crippen LogP contribution in [0.3, 0.4) is 0 Å². The molecule has 1 amide bonds. The number of ether oxygens (including phenoxy) is 2. The largest absolute Gasteiger partial charge is 0.486 e. The van der Waals surface area contributed by atoms with Crippen molar-refractivity contribution in [3.8, 4) is 11.5 Å². The molecule has 29 heavy (non-hydrogen) atoms. The molecule has 0 saturated carbocycles. The number of fused-ring (bicyclic) bond motifs is 1. The van der Waals surface area contributed by atoms with Crippen molar-refractivity contribution < 1.29 is 14.3 Å². The van der Waals surface area contributed by atoms with Crippen molar-refractivity contribution in [1.29, 1.82) is 0 Å². The molecule has 0 unspecified atom stereocenters. The molecule has 2 aliphatic heterocycles. The minimum absolute atomic E-state index is 0.0903. The standard InChI is InChI=1S/C21H27N5O3/c1-22-19-11-16(24-20(25-19)15-4-3-7-23-12-15)13-26(2)21(27)14-5-6-17-18(10-14)29-9-8-28-17/h5-6,10-11,15,23H,3-4,7-9,12-13H2,1-2H3,(H,22,24,25)/t15-/m0/s1. The minimum atomic E-state index is -0.0903. The third-order valence-corrected chi connectivity index (χ3v) is 5.25. The van der Waals surface area contributed by atoms with Gasteiger partial charge in [0.15, 0.2) is 11.5 Å². The van der Waals surface area contributed by atoms with Crippen LogP contribution in [-0.4, -0.2) is 61.2 Å². The molecule has 8 nitrogen and oxygen atoms in total. The van der Waals surface area contributed by atoms with Gasteiger partial charge in [0.25, 0.3) is 5.91 Å². The van der Waals surface area contributed by atoms with Crippen LogP contribution in [0.1, 0.15) is 40.6 Å². The Morgan fingerprint density at radius 1 is 1.24 bits per heavy atom. The molecule has 4 rings (SSSR count). The lowest BCUT2D eigenvalue weighted by Gasteiger charge is -2.23. The molecule has 3 heterocycles. The van der Waals surface area contributed by atoms with Gasteiger partial charge in [0.1, 0.15) is 24.9 Å². The number of nitrogens with zero attached hydrogens (tertiary/aromatic N) is 3. The number of anilines is 1. The average Bonchev–Trinajstić information content (AvgIpc) is 2.78. The average molecular weight is 397 g/mol. The maximum absolute atomic E-state index is 12.9. The number of hydrogen-bond donors (Lipinski definition) is 2. The van der Waals surface area contributed by atoms with E-state index in [0.717, 1.165) is 43.3 Å². The van der Waals surface area contributed by atoms with Gasteiger partial charge in [-0.25, -0.2) is 9.97 Å². The zero-order valence-electron chi connectivity index (χ0n) is 16.9. The molecule has 1 fully saturated rings. The number of nitrogens with one attached hydrogen (secondary N) is 2. The number of hydrogen-bond acceptors (Lipinski definition) is 7. The van der Waals surface area contributed by atoms with Crippen LogP contribution < -0.4 is 20.1 Å². The predicted octanol–water partition coefficient (Wildman–Crippen LogP) is 2.03. The zero-order chi connectivity index (χ0) is 20.2. The second kappa shape index (κ2) is 8.65. The second-order valence-electron chi connectivity index (χ2n) is 7.42. The Kier molecular flexibility index (Phi) is 5.80. The fourth-order valence-electron chi connectivity index (χ4n) is 3.69. The third kappa shape index (κ3) is 4.42. The fraction of sp³-hybridized carbons (Fsp3) is 0.476. The summed E-state index contributed by atoms with van der Waals surface area (Å²) in [5.74, 6) is 3.11. The molecule has 0 radical (unpaired) electrons. The molecule has 0 spiro atoms. The van der Waals surface area contributed by atoms with Gasteiger partial charge in [-0.1, -0.05) is 0 Å². The van der Waals surface area contributed by atoms with Crippen LogP contribution in [0.25, 0.3) is 0 Å². The number of piperidine rings is 1. The fourth-order valence-corrected chi connectivity index (χ4v) is 3.69. The maximum Gasteiger partial charge on any atom is 0.254 e. The van der Waals surface area contributed by atoms with E-state index in [2.05, 4.69) is 15.6 Å². The smallest absolute Gasteiger partial charge is 0.254 e. The number of rotatable bonds is 5. The number of carbonyl (C=O) groups excluding carboxylic acids is 1. The molecule has 0 aliphatic carbocycles. The van der Waals surface area contributed by atoms with Crippen molar-refractivity contribution in [3.05, 3.63) is 41.3 Å². The van der Waals surface area contributed by atoms with E-state index >= 15 is 0 Å². The van der Waals surface area contributed by atoms with Gasteiger partial charge in [0.05, 0.1) is 12.2 Å². The van der Waals surface area contributed by atoms with Crippen LogP contribution in [0.5, 0.6) is 11.5 Å². The monoisotopic (exact) mass is 397 g/mol. The highest BCUT2D eigenvalue weighted by molar-refractivity contribution is 5.94. The molecular weight excluding hydrogens is 370 g/mol. The molecule has 154 valence electrons. The van der Waals surface area contributed by atoms with Gasteiger partial charge in [-0.05, 0) is 37.6 Å². The Hall–Kier alpha value is -2.87. The van der Waals surface area contributed by atoms with Gasteiger partial charge in [-0.15, -0.1) is 0 Å². The molecule has 1 saturated heterocycles. The lowest BCUT2D eigenvalue weighted by molar-refractivity contribution is 0.0782. The van der Waals surface area contributed by atoms with E-state index in [9.17, 15) is 4.79 Å². The number of amides is 1. The van der Waals surface area contributed by atoms with Crippen LogP contribution >= 0.6 is 0 Å². The summed E-state index contributed by atoms with van der Waals surface area (Å²) in [6.45, 7) is 3.35. The lowest BCUT2D eigenvalue weighted by atomic mass is 9.99. The summed E-state index contributed by atoms with van der Waals surface area (Å²) < 4.78 is 11.1. The first-order chi connectivity index (χ1) is 14.1. The summed E-state index contributed by atoms with van der Waals surface area (Å²) in [5.41, 5.74) is 1.38. The molecule has 8 heteroatoms. The van der Waals surface area contributed by atoms with Crippen LogP contribution in [-0.2, 0) is 6.54 Å². The van der Waals surface area contributed by atoms with Crippen LogP contribution in [0.2, 0.25) is 0 Å². The molecule has 0 bridgehead atoms. The topological polar surface area (TPSA) is 88.6 Å². The van der Waals surface area contributed by atoms with Crippen molar-refractivity contribution in [3.63, 3.8) is 0 Å². The summed E-state index contributed by atoms with van der Waals surface area (Å²) in [6, 6.07) is 7.19. The third-order valence-electron chi connectivity index (χ3n) is 5.25. The minimum Gasteiger partial charge on any atom is -0.486 e. The Morgan fingerprint density at radius 3 is 2.83 bits per heavy atom. The molecule has 2 aliphatic rings. The van der Waals surface area contributed by atoms with Crippen molar-refractivity contribution in [2.75, 3.05) is 45.7 Å². The van der Waals surface area contributed by atoms with Crippen molar-refractivity contribution >= 4 is 11.7 Å². The number of carbonyl (C=O) groups is 1. The Labute approximate surface area is 170 Å². The van der Waals surface area contributed by atoms with Crippen LogP contribution in [0, 0.1) is 0 Å². The van der Waals surface area contributed by atoms with E-state index in [0.29, 0.717) is 42.7 Å². The molecule has 2 aromatic rings. The summed E-state index contributed by atoms with van der Waals surface area (Å²) >= 11 is 0. The van der Waals surface area contributed by atoms with Gasteiger partial charge < -0.3 is 25.0 Å². The first-order valence-electron chi connectivity index (χ1n) is 10.1. The van der Waals surface area contributed by atoms with Crippen LogP contribution in [0.15, 0.2) is 24.3 Å². The Bertz CT molecular complexity index is 883. The lowest BCUT2D eigenvalue weighted by Crippen LogP contribution is -2.30. The Morgan fingerprint density at radius 2 is 2.07 bits per heavy atom. The SMILES string of the molecule is CNc1cc(CN(C)C(=O)c2ccc3c(c2)OCCO3)nc([C@H]2CCCNC2)n1. The number of benzene rings is 1.